The van der Waals surface area contributed by atoms with Crippen molar-refractivity contribution in [1.29, 1.82) is 0 Å². The molecule has 4 aromatic rings. The van der Waals surface area contributed by atoms with Gasteiger partial charge in [0.2, 0.25) is 0 Å². The van der Waals surface area contributed by atoms with E-state index in [1.54, 1.807) is 0 Å². The summed E-state index contributed by atoms with van der Waals surface area (Å²) in [6.07, 6.45) is 0. The fourth-order valence-corrected chi connectivity index (χ4v) is 3.70. The monoisotopic (exact) mass is 353 g/mol. The van der Waals surface area contributed by atoms with Crippen LogP contribution >= 0.6 is 0 Å². The molecule has 1 unspecified atom stereocenters. The van der Waals surface area contributed by atoms with Crippen LogP contribution in [-0.4, -0.2) is 19.2 Å². The van der Waals surface area contributed by atoms with Gasteiger partial charge < -0.3 is 10.0 Å². The van der Waals surface area contributed by atoms with Gasteiger partial charge in [-0.15, -0.1) is 0 Å². The Morgan fingerprint density at radius 2 is 1.22 bits per heavy atom. The van der Waals surface area contributed by atoms with Crippen LogP contribution in [0.15, 0.2) is 97.1 Å². The summed E-state index contributed by atoms with van der Waals surface area (Å²) in [6, 6.07) is 32.4. The van der Waals surface area contributed by atoms with Gasteiger partial charge in [-0.2, -0.15) is 0 Å². The standard InChI is InChI=1S/C25H23NO/c1-26(2)22-17-15-21(16-18-22)25(27,20-11-4-3-5-12-20)24-14-8-10-19-9-6-7-13-23(19)24/h3-18,27H,1-2H3. The van der Waals surface area contributed by atoms with E-state index in [2.05, 4.69) is 23.1 Å². The minimum atomic E-state index is -1.23. The van der Waals surface area contributed by atoms with E-state index in [0.29, 0.717) is 0 Å². The lowest BCUT2D eigenvalue weighted by Gasteiger charge is -2.31. The molecule has 134 valence electrons. The summed E-state index contributed by atoms with van der Waals surface area (Å²) in [5.41, 5.74) is 2.48. The predicted octanol–water partition coefficient (Wildman–Crippen LogP) is 5.19. The Labute approximate surface area is 160 Å². The third-order valence-electron chi connectivity index (χ3n) is 5.17. The summed E-state index contributed by atoms with van der Waals surface area (Å²) in [5, 5.41) is 14.3. The first-order chi connectivity index (χ1) is 13.1. The van der Waals surface area contributed by atoms with Crippen molar-refractivity contribution < 1.29 is 5.11 Å². The maximum atomic E-state index is 12.1. The van der Waals surface area contributed by atoms with E-state index in [0.717, 1.165) is 33.2 Å². The zero-order valence-electron chi connectivity index (χ0n) is 15.6. The van der Waals surface area contributed by atoms with Crippen LogP contribution in [0.4, 0.5) is 5.69 Å². The first kappa shape index (κ1) is 17.3. The second kappa shape index (κ2) is 6.90. The first-order valence-corrected chi connectivity index (χ1v) is 9.15. The number of nitrogens with zero attached hydrogens (tertiary/aromatic N) is 1. The van der Waals surface area contributed by atoms with Gasteiger partial charge in [0.1, 0.15) is 5.60 Å². The van der Waals surface area contributed by atoms with Crippen LogP contribution in [0.5, 0.6) is 0 Å². The van der Waals surface area contributed by atoms with E-state index in [9.17, 15) is 5.11 Å². The molecule has 2 heteroatoms. The van der Waals surface area contributed by atoms with Crippen molar-refractivity contribution in [2.75, 3.05) is 19.0 Å². The molecule has 1 atom stereocenters. The highest BCUT2D eigenvalue weighted by atomic mass is 16.3. The molecule has 0 saturated carbocycles. The Hall–Kier alpha value is -3.10. The second-order valence-electron chi connectivity index (χ2n) is 7.04. The lowest BCUT2D eigenvalue weighted by molar-refractivity contribution is 0.127. The van der Waals surface area contributed by atoms with Crippen LogP contribution in [0, 0.1) is 0 Å². The minimum absolute atomic E-state index is 0.857. The van der Waals surface area contributed by atoms with Crippen molar-refractivity contribution in [3.05, 3.63) is 114 Å². The number of hydrogen-bond acceptors (Lipinski definition) is 2. The van der Waals surface area contributed by atoms with Crippen molar-refractivity contribution >= 4 is 16.5 Å². The van der Waals surface area contributed by atoms with Gasteiger partial charge in [-0.25, -0.2) is 0 Å². The van der Waals surface area contributed by atoms with Gasteiger partial charge in [0, 0.05) is 25.3 Å². The number of aliphatic hydroxyl groups is 1. The average Bonchev–Trinajstić information content (AvgIpc) is 2.73. The molecular weight excluding hydrogens is 330 g/mol. The van der Waals surface area contributed by atoms with Gasteiger partial charge in [-0.1, -0.05) is 84.9 Å². The van der Waals surface area contributed by atoms with Crippen molar-refractivity contribution in [3.63, 3.8) is 0 Å². The van der Waals surface area contributed by atoms with Crippen LogP contribution in [0.2, 0.25) is 0 Å². The number of fused-ring (bicyclic) bond motifs is 1. The van der Waals surface area contributed by atoms with E-state index in [1.807, 2.05) is 93.0 Å². The van der Waals surface area contributed by atoms with E-state index in [1.165, 1.54) is 0 Å². The predicted molar refractivity (Wildman–Crippen MR) is 113 cm³/mol. The molecule has 4 aromatic carbocycles. The van der Waals surface area contributed by atoms with Gasteiger partial charge in [0.15, 0.2) is 0 Å². The molecule has 4 rings (SSSR count). The molecule has 0 aromatic heterocycles. The van der Waals surface area contributed by atoms with Gasteiger partial charge in [-0.05, 0) is 34.0 Å². The summed E-state index contributed by atoms with van der Waals surface area (Å²) in [5.74, 6) is 0. The van der Waals surface area contributed by atoms with Crippen LogP contribution in [0.1, 0.15) is 16.7 Å². The lowest BCUT2D eigenvalue weighted by atomic mass is 9.78. The highest BCUT2D eigenvalue weighted by Crippen LogP contribution is 2.40. The third-order valence-corrected chi connectivity index (χ3v) is 5.17. The summed E-state index contributed by atoms with van der Waals surface area (Å²) in [4.78, 5) is 2.06. The molecule has 0 saturated heterocycles. The Morgan fingerprint density at radius 3 is 1.93 bits per heavy atom. The molecule has 0 aliphatic heterocycles. The number of benzene rings is 4. The van der Waals surface area contributed by atoms with Crippen LogP contribution in [0.25, 0.3) is 10.8 Å². The summed E-state index contributed by atoms with van der Waals surface area (Å²) in [6.45, 7) is 0. The zero-order chi connectivity index (χ0) is 18.9. The maximum Gasteiger partial charge on any atom is 0.141 e. The Morgan fingerprint density at radius 1 is 0.630 bits per heavy atom. The Bertz CT molecular complexity index is 1050. The molecule has 0 spiro atoms. The Kier molecular flexibility index (Phi) is 4.43. The van der Waals surface area contributed by atoms with E-state index in [-0.39, 0.29) is 0 Å². The molecule has 0 aliphatic rings. The van der Waals surface area contributed by atoms with Crippen molar-refractivity contribution in [3.8, 4) is 0 Å². The summed E-state index contributed by atoms with van der Waals surface area (Å²) >= 11 is 0. The number of anilines is 1. The van der Waals surface area contributed by atoms with Gasteiger partial charge in [0.25, 0.3) is 0 Å². The largest absolute Gasteiger partial charge is 0.378 e. The molecule has 2 nitrogen and oxygen atoms in total. The topological polar surface area (TPSA) is 23.5 Å². The quantitative estimate of drug-likeness (QED) is 0.510. The summed E-state index contributed by atoms with van der Waals surface area (Å²) < 4.78 is 0. The highest BCUT2D eigenvalue weighted by molar-refractivity contribution is 5.87. The van der Waals surface area contributed by atoms with Crippen molar-refractivity contribution in [2.24, 2.45) is 0 Å². The van der Waals surface area contributed by atoms with E-state index < -0.39 is 5.60 Å². The van der Waals surface area contributed by atoms with Crippen molar-refractivity contribution in [2.45, 2.75) is 5.60 Å². The first-order valence-electron chi connectivity index (χ1n) is 9.15. The van der Waals surface area contributed by atoms with Gasteiger partial charge >= 0.3 is 0 Å². The molecule has 27 heavy (non-hydrogen) atoms. The van der Waals surface area contributed by atoms with E-state index in [4.69, 9.17) is 0 Å². The third kappa shape index (κ3) is 2.98. The molecule has 1 N–H and O–H groups in total. The Balaban J connectivity index is 2.00. The molecule has 0 fully saturated rings. The fraction of sp³-hybridized carbons (Fsp3) is 0.120. The van der Waals surface area contributed by atoms with Crippen LogP contribution < -0.4 is 4.90 Å². The molecule has 0 radical (unpaired) electrons. The van der Waals surface area contributed by atoms with Gasteiger partial charge in [-0.3, -0.25) is 0 Å². The minimum Gasteiger partial charge on any atom is -0.378 e. The number of rotatable bonds is 4. The summed E-state index contributed by atoms with van der Waals surface area (Å²) in [7, 11) is 4.03. The highest BCUT2D eigenvalue weighted by Gasteiger charge is 2.35. The van der Waals surface area contributed by atoms with E-state index >= 15 is 0 Å². The number of hydrogen-bond donors (Lipinski definition) is 1. The van der Waals surface area contributed by atoms with Crippen LogP contribution in [-0.2, 0) is 5.60 Å². The molecule has 0 bridgehead atoms. The zero-order valence-corrected chi connectivity index (χ0v) is 15.6. The molecule has 0 amide bonds. The van der Waals surface area contributed by atoms with Gasteiger partial charge in [0.05, 0.1) is 0 Å². The lowest BCUT2D eigenvalue weighted by Crippen LogP contribution is -2.29. The van der Waals surface area contributed by atoms with Crippen LogP contribution in [0.3, 0.4) is 0 Å². The smallest absolute Gasteiger partial charge is 0.141 e. The maximum absolute atomic E-state index is 12.1. The fourth-order valence-electron chi connectivity index (χ4n) is 3.70. The second-order valence-corrected chi connectivity index (χ2v) is 7.04. The average molecular weight is 353 g/mol. The van der Waals surface area contributed by atoms with Crippen molar-refractivity contribution in [1.82, 2.24) is 0 Å². The molecular formula is C25H23NO. The normalized spacial score (nSPS) is 13.3. The SMILES string of the molecule is CN(C)c1ccc(C(O)(c2ccccc2)c2cccc3ccccc23)cc1. The molecule has 0 aliphatic carbocycles. The molecule has 0 heterocycles.